The molecule has 0 aromatic heterocycles. The van der Waals surface area contributed by atoms with Gasteiger partial charge in [0.2, 0.25) is 5.91 Å². The SMILES string of the molecule is COCC(C)NC(C)CCN1CCCC1=O. The summed E-state index contributed by atoms with van der Waals surface area (Å²) in [4.78, 5) is 13.4. The molecule has 1 amide bonds. The maximum atomic E-state index is 11.4. The predicted molar refractivity (Wildman–Crippen MR) is 64.4 cm³/mol. The van der Waals surface area contributed by atoms with Crippen LogP contribution in [0.2, 0.25) is 0 Å². The zero-order chi connectivity index (χ0) is 12.0. The maximum absolute atomic E-state index is 11.4. The summed E-state index contributed by atoms with van der Waals surface area (Å²) >= 11 is 0. The molecule has 1 aliphatic rings. The molecule has 0 aliphatic carbocycles. The Morgan fingerprint density at radius 2 is 2.19 bits per heavy atom. The topological polar surface area (TPSA) is 41.6 Å². The van der Waals surface area contributed by atoms with Gasteiger partial charge in [-0.25, -0.2) is 0 Å². The van der Waals surface area contributed by atoms with Gasteiger partial charge in [0, 0.05) is 38.7 Å². The molecule has 16 heavy (non-hydrogen) atoms. The van der Waals surface area contributed by atoms with Crippen LogP contribution in [0.3, 0.4) is 0 Å². The largest absolute Gasteiger partial charge is 0.383 e. The predicted octanol–water partition coefficient (Wildman–Crippen LogP) is 1.01. The van der Waals surface area contributed by atoms with Crippen molar-refractivity contribution in [2.24, 2.45) is 0 Å². The summed E-state index contributed by atoms with van der Waals surface area (Å²) in [7, 11) is 1.71. The Labute approximate surface area is 98.3 Å². The zero-order valence-corrected chi connectivity index (χ0v) is 10.7. The number of carbonyl (C=O) groups excluding carboxylic acids is 1. The highest BCUT2D eigenvalue weighted by Gasteiger charge is 2.20. The van der Waals surface area contributed by atoms with E-state index in [1.54, 1.807) is 7.11 Å². The second-order valence-electron chi connectivity index (χ2n) is 4.70. The molecule has 0 aromatic carbocycles. The third kappa shape index (κ3) is 4.49. The molecule has 2 atom stereocenters. The van der Waals surface area contributed by atoms with E-state index in [2.05, 4.69) is 19.2 Å². The van der Waals surface area contributed by atoms with E-state index in [0.29, 0.717) is 18.0 Å². The Hall–Kier alpha value is -0.610. The minimum absolute atomic E-state index is 0.317. The Balaban J connectivity index is 2.14. The molecular weight excluding hydrogens is 204 g/mol. The molecule has 2 unspecified atom stereocenters. The molecule has 1 N–H and O–H groups in total. The molecule has 1 saturated heterocycles. The Kier molecular flexibility index (Phi) is 5.77. The average molecular weight is 228 g/mol. The highest BCUT2D eigenvalue weighted by molar-refractivity contribution is 5.77. The summed E-state index contributed by atoms with van der Waals surface area (Å²) in [6.45, 7) is 6.83. The van der Waals surface area contributed by atoms with Crippen LogP contribution in [0.1, 0.15) is 33.1 Å². The summed E-state index contributed by atoms with van der Waals surface area (Å²) in [5, 5.41) is 3.46. The first-order valence-electron chi connectivity index (χ1n) is 6.16. The Morgan fingerprint density at radius 3 is 2.75 bits per heavy atom. The Bertz CT molecular complexity index is 221. The van der Waals surface area contributed by atoms with E-state index in [1.807, 2.05) is 4.90 Å². The third-order valence-electron chi connectivity index (χ3n) is 2.99. The number of amides is 1. The van der Waals surface area contributed by atoms with Crippen LogP contribution in [0.5, 0.6) is 0 Å². The van der Waals surface area contributed by atoms with E-state index in [4.69, 9.17) is 4.74 Å². The van der Waals surface area contributed by atoms with Gasteiger partial charge in [-0.05, 0) is 26.7 Å². The number of hydrogen-bond donors (Lipinski definition) is 1. The summed E-state index contributed by atoms with van der Waals surface area (Å²) in [5.41, 5.74) is 0. The highest BCUT2D eigenvalue weighted by Crippen LogP contribution is 2.10. The zero-order valence-electron chi connectivity index (χ0n) is 10.7. The summed E-state index contributed by atoms with van der Waals surface area (Å²) < 4.78 is 5.07. The van der Waals surface area contributed by atoms with Gasteiger partial charge < -0.3 is 15.0 Å². The molecule has 0 spiro atoms. The van der Waals surface area contributed by atoms with Crippen molar-refractivity contribution in [1.29, 1.82) is 0 Å². The van der Waals surface area contributed by atoms with Crippen molar-refractivity contribution in [1.82, 2.24) is 10.2 Å². The molecule has 1 fully saturated rings. The van der Waals surface area contributed by atoms with Crippen LogP contribution in [0.15, 0.2) is 0 Å². The molecule has 1 rings (SSSR count). The minimum Gasteiger partial charge on any atom is -0.383 e. The molecule has 1 heterocycles. The fraction of sp³-hybridized carbons (Fsp3) is 0.917. The van der Waals surface area contributed by atoms with Crippen LogP contribution in [-0.4, -0.2) is 49.7 Å². The van der Waals surface area contributed by atoms with Gasteiger partial charge in [-0.1, -0.05) is 0 Å². The standard InChI is InChI=1S/C12H24N2O2/c1-10(13-11(2)9-16-3)6-8-14-7-4-5-12(14)15/h10-11,13H,4-9H2,1-3H3. The molecule has 0 saturated carbocycles. The lowest BCUT2D eigenvalue weighted by molar-refractivity contribution is -0.127. The first kappa shape index (κ1) is 13.5. The minimum atomic E-state index is 0.317. The van der Waals surface area contributed by atoms with E-state index < -0.39 is 0 Å². The van der Waals surface area contributed by atoms with Crippen LogP contribution < -0.4 is 5.32 Å². The number of nitrogens with zero attached hydrogens (tertiary/aromatic N) is 1. The maximum Gasteiger partial charge on any atom is 0.222 e. The van der Waals surface area contributed by atoms with Crippen molar-refractivity contribution in [2.75, 3.05) is 26.8 Å². The first-order valence-corrected chi connectivity index (χ1v) is 6.16. The molecule has 0 bridgehead atoms. The van der Waals surface area contributed by atoms with Gasteiger partial charge >= 0.3 is 0 Å². The quantitative estimate of drug-likeness (QED) is 0.707. The normalized spacial score (nSPS) is 20.2. The number of rotatable bonds is 7. The number of hydrogen-bond acceptors (Lipinski definition) is 3. The first-order chi connectivity index (χ1) is 7.63. The van der Waals surface area contributed by atoms with Crippen LogP contribution in [0, 0.1) is 0 Å². The number of nitrogens with one attached hydrogen (secondary N) is 1. The van der Waals surface area contributed by atoms with Crippen molar-refractivity contribution >= 4 is 5.91 Å². The molecule has 4 heteroatoms. The molecule has 1 aliphatic heterocycles. The number of likely N-dealkylation sites (tertiary alicyclic amines) is 1. The average Bonchev–Trinajstić information content (AvgIpc) is 2.61. The highest BCUT2D eigenvalue weighted by atomic mass is 16.5. The van der Waals surface area contributed by atoms with Crippen LogP contribution in [-0.2, 0) is 9.53 Å². The summed E-state index contributed by atoms with van der Waals surface area (Å²) in [5.74, 6) is 0.317. The van der Waals surface area contributed by atoms with E-state index in [-0.39, 0.29) is 0 Å². The fourth-order valence-electron chi connectivity index (χ4n) is 2.16. The van der Waals surface area contributed by atoms with Crippen molar-refractivity contribution in [3.63, 3.8) is 0 Å². The van der Waals surface area contributed by atoms with Gasteiger partial charge in [-0.15, -0.1) is 0 Å². The molecule has 0 radical (unpaired) electrons. The monoisotopic (exact) mass is 228 g/mol. The second-order valence-corrected chi connectivity index (χ2v) is 4.70. The molecule has 4 nitrogen and oxygen atoms in total. The van der Waals surface area contributed by atoms with Gasteiger partial charge in [0.15, 0.2) is 0 Å². The van der Waals surface area contributed by atoms with Crippen molar-refractivity contribution in [2.45, 2.75) is 45.2 Å². The van der Waals surface area contributed by atoms with Gasteiger partial charge in [0.1, 0.15) is 0 Å². The summed E-state index contributed by atoms with van der Waals surface area (Å²) in [6.07, 6.45) is 2.78. The number of methoxy groups -OCH3 is 1. The number of ether oxygens (including phenoxy) is 1. The van der Waals surface area contributed by atoms with Crippen molar-refractivity contribution < 1.29 is 9.53 Å². The van der Waals surface area contributed by atoms with Crippen LogP contribution in [0.25, 0.3) is 0 Å². The lowest BCUT2D eigenvalue weighted by atomic mass is 10.2. The summed E-state index contributed by atoms with van der Waals surface area (Å²) in [6, 6.07) is 0.799. The van der Waals surface area contributed by atoms with E-state index >= 15 is 0 Å². The van der Waals surface area contributed by atoms with Crippen LogP contribution in [0.4, 0.5) is 0 Å². The van der Waals surface area contributed by atoms with Crippen molar-refractivity contribution in [3.05, 3.63) is 0 Å². The number of carbonyl (C=O) groups is 1. The Morgan fingerprint density at radius 1 is 1.44 bits per heavy atom. The van der Waals surface area contributed by atoms with E-state index in [0.717, 1.165) is 39.0 Å². The van der Waals surface area contributed by atoms with Gasteiger partial charge in [0.25, 0.3) is 0 Å². The van der Waals surface area contributed by atoms with Crippen LogP contribution >= 0.6 is 0 Å². The van der Waals surface area contributed by atoms with Crippen molar-refractivity contribution in [3.8, 4) is 0 Å². The molecular formula is C12H24N2O2. The third-order valence-corrected chi connectivity index (χ3v) is 2.99. The lowest BCUT2D eigenvalue weighted by Gasteiger charge is -2.22. The molecule has 94 valence electrons. The van der Waals surface area contributed by atoms with E-state index in [9.17, 15) is 4.79 Å². The smallest absolute Gasteiger partial charge is 0.222 e. The van der Waals surface area contributed by atoms with E-state index in [1.165, 1.54) is 0 Å². The van der Waals surface area contributed by atoms with Gasteiger partial charge in [-0.2, -0.15) is 0 Å². The lowest BCUT2D eigenvalue weighted by Crippen LogP contribution is -2.39. The van der Waals surface area contributed by atoms with Gasteiger partial charge in [-0.3, -0.25) is 4.79 Å². The molecule has 0 aromatic rings. The fourth-order valence-corrected chi connectivity index (χ4v) is 2.16. The van der Waals surface area contributed by atoms with Gasteiger partial charge in [0.05, 0.1) is 6.61 Å². The second kappa shape index (κ2) is 6.86.